The van der Waals surface area contributed by atoms with Gasteiger partial charge in [0, 0.05) is 0 Å². The highest BCUT2D eigenvalue weighted by molar-refractivity contribution is 6.42. The first-order valence-electron chi connectivity index (χ1n) is 5.22. The van der Waals surface area contributed by atoms with Gasteiger partial charge in [-0.2, -0.15) is 5.10 Å². The molecule has 3 nitrogen and oxygen atoms in total. The first-order valence-corrected chi connectivity index (χ1v) is 5.98. The minimum Gasteiger partial charge on any atom is -0.362 e. The number of halogens is 2. The number of anilines is 1. The average molecular weight is 270 g/mol. The molecule has 2 N–H and O–H groups in total. The number of nitrogens with one attached hydrogen (secondary N) is 2. The number of hydrogen-bond acceptors (Lipinski definition) is 2. The summed E-state index contributed by atoms with van der Waals surface area (Å²) in [7, 11) is 0. The maximum absolute atomic E-state index is 6.02. The third-order valence-corrected chi connectivity index (χ3v) is 3.33. The molecule has 0 amide bonds. The van der Waals surface area contributed by atoms with E-state index in [1.165, 1.54) is 0 Å². The number of aromatic nitrogens is 2. The van der Waals surface area contributed by atoms with Gasteiger partial charge >= 0.3 is 0 Å². The van der Waals surface area contributed by atoms with Crippen LogP contribution in [0.15, 0.2) is 30.5 Å². The van der Waals surface area contributed by atoms with E-state index in [4.69, 9.17) is 23.2 Å². The van der Waals surface area contributed by atoms with Crippen molar-refractivity contribution >= 4 is 29.0 Å². The molecule has 90 valence electrons. The number of benzene rings is 1. The number of aromatic amines is 1. The van der Waals surface area contributed by atoms with E-state index in [-0.39, 0.29) is 5.54 Å². The lowest BCUT2D eigenvalue weighted by Gasteiger charge is -2.27. The molecule has 0 atom stereocenters. The Hall–Kier alpha value is -1.19. The molecule has 1 aromatic carbocycles. The summed E-state index contributed by atoms with van der Waals surface area (Å²) in [5, 5.41) is 11.2. The molecule has 0 aliphatic carbocycles. The Balaban J connectivity index is 2.27. The van der Waals surface area contributed by atoms with Crippen molar-refractivity contribution < 1.29 is 0 Å². The van der Waals surface area contributed by atoms with Crippen LogP contribution in [0.5, 0.6) is 0 Å². The van der Waals surface area contributed by atoms with E-state index in [0.717, 1.165) is 11.4 Å². The molecule has 1 heterocycles. The summed E-state index contributed by atoms with van der Waals surface area (Å²) < 4.78 is 0. The Morgan fingerprint density at radius 2 is 1.94 bits per heavy atom. The molecule has 0 bridgehead atoms. The SMILES string of the molecule is CC(C)(Nc1ccn[nH]1)c1ccc(Cl)c(Cl)c1. The van der Waals surface area contributed by atoms with E-state index in [1.54, 1.807) is 12.3 Å². The van der Waals surface area contributed by atoms with Crippen LogP contribution in [0.25, 0.3) is 0 Å². The van der Waals surface area contributed by atoms with Gasteiger partial charge in [-0.15, -0.1) is 0 Å². The van der Waals surface area contributed by atoms with Crippen molar-refractivity contribution in [2.75, 3.05) is 5.32 Å². The van der Waals surface area contributed by atoms with Crippen molar-refractivity contribution in [1.82, 2.24) is 10.2 Å². The van der Waals surface area contributed by atoms with Gasteiger partial charge < -0.3 is 5.32 Å². The van der Waals surface area contributed by atoms with Crippen LogP contribution in [-0.4, -0.2) is 10.2 Å². The molecule has 0 fully saturated rings. The first kappa shape index (κ1) is 12.3. The van der Waals surface area contributed by atoms with Crippen LogP contribution in [0.4, 0.5) is 5.82 Å². The van der Waals surface area contributed by atoms with Crippen molar-refractivity contribution in [3.63, 3.8) is 0 Å². The van der Waals surface area contributed by atoms with Gasteiger partial charge in [-0.1, -0.05) is 29.3 Å². The molecular weight excluding hydrogens is 257 g/mol. The molecule has 1 aromatic heterocycles. The molecule has 0 spiro atoms. The second kappa shape index (κ2) is 4.59. The van der Waals surface area contributed by atoms with Crippen molar-refractivity contribution in [2.45, 2.75) is 19.4 Å². The highest BCUT2D eigenvalue weighted by Crippen LogP contribution is 2.30. The van der Waals surface area contributed by atoms with E-state index in [0.29, 0.717) is 10.0 Å². The van der Waals surface area contributed by atoms with Gasteiger partial charge in [0.15, 0.2) is 0 Å². The van der Waals surface area contributed by atoms with Crippen LogP contribution >= 0.6 is 23.2 Å². The molecule has 2 aromatic rings. The molecule has 5 heteroatoms. The molecule has 0 saturated carbocycles. The molecule has 0 saturated heterocycles. The summed E-state index contributed by atoms with van der Waals surface area (Å²) in [6.45, 7) is 4.13. The lowest BCUT2D eigenvalue weighted by Crippen LogP contribution is -2.28. The highest BCUT2D eigenvalue weighted by Gasteiger charge is 2.21. The summed E-state index contributed by atoms with van der Waals surface area (Å²) in [6, 6.07) is 7.50. The normalized spacial score (nSPS) is 11.5. The van der Waals surface area contributed by atoms with Crippen LogP contribution in [0.3, 0.4) is 0 Å². The molecule has 0 unspecified atom stereocenters. The van der Waals surface area contributed by atoms with Gasteiger partial charge in [-0.05, 0) is 37.6 Å². The van der Waals surface area contributed by atoms with Crippen molar-refractivity contribution in [1.29, 1.82) is 0 Å². The molecule has 0 radical (unpaired) electrons. The van der Waals surface area contributed by atoms with Crippen LogP contribution in [0.1, 0.15) is 19.4 Å². The Bertz CT molecular complexity index is 506. The maximum atomic E-state index is 6.02. The Labute approximate surface area is 110 Å². The van der Waals surface area contributed by atoms with Crippen LogP contribution in [0, 0.1) is 0 Å². The highest BCUT2D eigenvalue weighted by atomic mass is 35.5. The minimum atomic E-state index is -0.263. The summed E-state index contributed by atoms with van der Waals surface area (Å²) in [5.74, 6) is 0.862. The second-order valence-electron chi connectivity index (χ2n) is 4.35. The zero-order valence-corrected chi connectivity index (χ0v) is 11.1. The Morgan fingerprint density at radius 1 is 1.18 bits per heavy atom. The van der Waals surface area contributed by atoms with Gasteiger partial charge in [0.1, 0.15) is 5.82 Å². The van der Waals surface area contributed by atoms with Gasteiger partial charge in [0.05, 0.1) is 21.8 Å². The lowest BCUT2D eigenvalue weighted by atomic mass is 9.94. The van der Waals surface area contributed by atoms with E-state index < -0.39 is 0 Å². The summed E-state index contributed by atoms with van der Waals surface area (Å²) in [4.78, 5) is 0. The van der Waals surface area contributed by atoms with E-state index >= 15 is 0 Å². The predicted molar refractivity (Wildman–Crippen MR) is 71.7 cm³/mol. The molecule has 2 rings (SSSR count). The monoisotopic (exact) mass is 269 g/mol. The van der Waals surface area contributed by atoms with Crippen molar-refractivity contribution in [3.8, 4) is 0 Å². The van der Waals surface area contributed by atoms with Crippen LogP contribution in [0.2, 0.25) is 10.0 Å². The lowest BCUT2D eigenvalue weighted by molar-refractivity contribution is 0.605. The number of rotatable bonds is 3. The smallest absolute Gasteiger partial charge is 0.122 e. The quantitative estimate of drug-likeness (QED) is 0.882. The second-order valence-corrected chi connectivity index (χ2v) is 5.16. The third kappa shape index (κ3) is 2.73. The fraction of sp³-hybridized carbons (Fsp3) is 0.250. The average Bonchev–Trinajstić information content (AvgIpc) is 2.73. The largest absolute Gasteiger partial charge is 0.362 e. The van der Waals surface area contributed by atoms with Gasteiger partial charge in [-0.25, -0.2) is 0 Å². The van der Waals surface area contributed by atoms with Gasteiger partial charge in [0.25, 0.3) is 0 Å². The van der Waals surface area contributed by atoms with E-state index in [1.807, 2.05) is 18.2 Å². The minimum absolute atomic E-state index is 0.263. The molecule has 0 aliphatic rings. The number of H-pyrrole nitrogens is 1. The molecule has 17 heavy (non-hydrogen) atoms. The fourth-order valence-electron chi connectivity index (χ4n) is 1.62. The maximum Gasteiger partial charge on any atom is 0.122 e. The standard InChI is InChI=1S/C12H13Cl2N3/c1-12(2,16-11-5-6-15-17-11)8-3-4-9(13)10(14)7-8/h3-7H,1-2H3,(H2,15,16,17). The third-order valence-electron chi connectivity index (χ3n) is 2.59. The predicted octanol–water partition coefficient (Wildman–Crippen LogP) is 4.06. The summed E-state index contributed by atoms with van der Waals surface area (Å²) in [5.41, 5.74) is 0.794. The van der Waals surface area contributed by atoms with Crippen LogP contribution in [-0.2, 0) is 5.54 Å². The van der Waals surface area contributed by atoms with Crippen LogP contribution < -0.4 is 5.32 Å². The molecular formula is C12H13Cl2N3. The van der Waals surface area contributed by atoms with E-state index in [2.05, 4.69) is 29.4 Å². The summed E-state index contributed by atoms with van der Waals surface area (Å²) >= 11 is 11.9. The molecule has 0 aliphatic heterocycles. The van der Waals surface area contributed by atoms with Gasteiger partial charge in [0.2, 0.25) is 0 Å². The summed E-state index contributed by atoms with van der Waals surface area (Å²) in [6.07, 6.45) is 1.70. The van der Waals surface area contributed by atoms with Gasteiger partial charge in [-0.3, -0.25) is 5.10 Å². The number of nitrogens with zero attached hydrogens (tertiary/aromatic N) is 1. The Morgan fingerprint density at radius 3 is 2.53 bits per heavy atom. The number of hydrogen-bond donors (Lipinski definition) is 2. The topological polar surface area (TPSA) is 40.7 Å². The fourth-order valence-corrected chi connectivity index (χ4v) is 1.92. The first-order chi connectivity index (χ1) is 7.99. The zero-order chi connectivity index (χ0) is 12.5. The van der Waals surface area contributed by atoms with E-state index in [9.17, 15) is 0 Å². The van der Waals surface area contributed by atoms with Crippen molar-refractivity contribution in [2.24, 2.45) is 0 Å². The van der Waals surface area contributed by atoms with Crippen molar-refractivity contribution in [3.05, 3.63) is 46.1 Å². The Kier molecular flexibility index (Phi) is 3.31. The zero-order valence-electron chi connectivity index (χ0n) is 9.59.